The number of hydrogen-bond donors (Lipinski definition) is 0. The Morgan fingerprint density at radius 1 is 1.53 bits per heavy atom. The molecule has 0 aromatic heterocycles. The normalized spacial score (nSPS) is 10.6. The van der Waals surface area contributed by atoms with Gasteiger partial charge in [-0.05, 0) is 37.1 Å². The van der Waals surface area contributed by atoms with Crippen LogP contribution in [0, 0.1) is 6.92 Å². The van der Waals surface area contributed by atoms with Gasteiger partial charge in [0.25, 0.3) is 0 Å². The van der Waals surface area contributed by atoms with Crippen molar-refractivity contribution in [3.8, 4) is 0 Å². The summed E-state index contributed by atoms with van der Waals surface area (Å²) in [7, 11) is 0. The van der Waals surface area contributed by atoms with Gasteiger partial charge in [-0.15, -0.1) is 0 Å². The fourth-order valence-electron chi connectivity index (χ4n) is 1.15. The minimum atomic E-state index is -0.308. The standard InChI is InChI=1S/C12H13BrO2/c1-3-15-12(14)8-7-10-5-4-6-11(13)9(10)2/h4-8H,3H2,1-2H3. The third kappa shape index (κ3) is 3.51. The number of carbonyl (C=O) groups excluding carboxylic acids is 1. The smallest absolute Gasteiger partial charge is 0.330 e. The SMILES string of the molecule is CCOC(=O)C=Cc1cccc(Br)c1C. The Morgan fingerprint density at radius 3 is 2.93 bits per heavy atom. The van der Waals surface area contributed by atoms with Crippen LogP contribution < -0.4 is 0 Å². The molecule has 0 aliphatic heterocycles. The molecule has 1 aromatic rings. The average molecular weight is 269 g/mol. The van der Waals surface area contributed by atoms with Crippen molar-refractivity contribution in [3.05, 3.63) is 39.9 Å². The number of ether oxygens (including phenoxy) is 1. The lowest BCUT2D eigenvalue weighted by atomic mass is 10.1. The fourth-order valence-corrected chi connectivity index (χ4v) is 1.53. The number of rotatable bonds is 3. The number of esters is 1. The molecule has 0 amide bonds. The van der Waals surface area contributed by atoms with E-state index in [9.17, 15) is 4.79 Å². The molecule has 0 radical (unpaired) electrons. The van der Waals surface area contributed by atoms with Gasteiger partial charge >= 0.3 is 5.97 Å². The zero-order valence-corrected chi connectivity index (χ0v) is 10.4. The molecule has 0 bridgehead atoms. The van der Waals surface area contributed by atoms with Crippen LogP contribution in [0.25, 0.3) is 6.08 Å². The number of benzene rings is 1. The van der Waals surface area contributed by atoms with E-state index in [1.807, 2.05) is 25.1 Å². The van der Waals surface area contributed by atoms with Gasteiger partial charge in [0.15, 0.2) is 0 Å². The molecule has 0 saturated heterocycles. The Balaban J connectivity index is 2.81. The van der Waals surface area contributed by atoms with Crippen molar-refractivity contribution in [2.24, 2.45) is 0 Å². The first kappa shape index (κ1) is 12.0. The van der Waals surface area contributed by atoms with E-state index in [2.05, 4.69) is 15.9 Å². The number of hydrogen-bond acceptors (Lipinski definition) is 2. The maximum atomic E-state index is 11.1. The van der Waals surface area contributed by atoms with Gasteiger partial charge in [-0.3, -0.25) is 0 Å². The van der Waals surface area contributed by atoms with Gasteiger partial charge in [-0.25, -0.2) is 4.79 Å². The van der Waals surface area contributed by atoms with Gasteiger partial charge in [0.05, 0.1) is 6.61 Å². The van der Waals surface area contributed by atoms with E-state index in [0.717, 1.165) is 15.6 Å². The zero-order chi connectivity index (χ0) is 11.3. The van der Waals surface area contributed by atoms with Crippen LogP contribution in [0.1, 0.15) is 18.1 Å². The van der Waals surface area contributed by atoms with Gasteiger partial charge in [-0.2, -0.15) is 0 Å². The summed E-state index contributed by atoms with van der Waals surface area (Å²) >= 11 is 3.43. The highest BCUT2D eigenvalue weighted by atomic mass is 79.9. The highest BCUT2D eigenvalue weighted by Crippen LogP contribution is 2.20. The van der Waals surface area contributed by atoms with E-state index >= 15 is 0 Å². The van der Waals surface area contributed by atoms with Crippen molar-refractivity contribution in [2.75, 3.05) is 6.61 Å². The molecule has 0 fully saturated rings. The van der Waals surface area contributed by atoms with Crippen LogP contribution >= 0.6 is 15.9 Å². The molecule has 2 nitrogen and oxygen atoms in total. The fraction of sp³-hybridized carbons (Fsp3) is 0.250. The molecule has 0 aliphatic carbocycles. The summed E-state index contributed by atoms with van der Waals surface area (Å²) in [5.74, 6) is -0.308. The van der Waals surface area contributed by atoms with Gasteiger partial charge in [0.2, 0.25) is 0 Å². The Morgan fingerprint density at radius 2 is 2.27 bits per heavy atom. The summed E-state index contributed by atoms with van der Waals surface area (Å²) in [6.45, 7) is 4.19. The molecule has 80 valence electrons. The third-order valence-electron chi connectivity index (χ3n) is 2.00. The maximum Gasteiger partial charge on any atom is 0.330 e. The minimum Gasteiger partial charge on any atom is -0.463 e. The van der Waals surface area contributed by atoms with Gasteiger partial charge < -0.3 is 4.74 Å². The summed E-state index contributed by atoms with van der Waals surface area (Å²) in [6, 6.07) is 5.86. The lowest BCUT2D eigenvalue weighted by molar-refractivity contribution is -0.137. The first-order valence-electron chi connectivity index (χ1n) is 4.75. The Labute approximate surface area is 98.1 Å². The number of carbonyl (C=O) groups is 1. The van der Waals surface area contributed by atoms with E-state index in [4.69, 9.17) is 4.74 Å². The van der Waals surface area contributed by atoms with Crippen molar-refractivity contribution in [3.63, 3.8) is 0 Å². The van der Waals surface area contributed by atoms with E-state index in [0.29, 0.717) is 6.61 Å². The summed E-state index contributed by atoms with van der Waals surface area (Å²) in [5.41, 5.74) is 2.12. The predicted octanol–water partition coefficient (Wildman–Crippen LogP) is 3.33. The van der Waals surface area contributed by atoms with Crippen molar-refractivity contribution in [1.82, 2.24) is 0 Å². The second-order valence-corrected chi connectivity index (χ2v) is 3.89. The van der Waals surface area contributed by atoms with Gasteiger partial charge in [0.1, 0.15) is 0 Å². The molecule has 1 rings (SSSR count). The highest BCUT2D eigenvalue weighted by molar-refractivity contribution is 9.10. The van der Waals surface area contributed by atoms with Crippen LogP contribution in [0.15, 0.2) is 28.7 Å². The van der Waals surface area contributed by atoms with Crippen LogP contribution in [0.5, 0.6) is 0 Å². The molecule has 3 heteroatoms. The molecular formula is C12H13BrO2. The third-order valence-corrected chi connectivity index (χ3v) is 2.85. The van der Waals surface area contributed by atoms with Crippen molar-refractivity contribution < 1.29 is 9.53 Å². The largest absolute Gasteiger partial charge is 0.463 e. The van der Waals surface area contributed by atoms with Crippen molar-refractivity contribution in [1.29, 1.82) is 0 Å². The Kier molecular flexibility index (Phi) is 4.56. The molecule has 1 aromatic carbocycles. The predicted molar refractivity (Wildman–Crippen MR) is 64.5 cm³/mol. The molecular weight excluding hydrogens is 256 g/mol. The molecule has 0 unspecified atom stereocenters. The Hall–Kier alpha value is -1.09. The average Bonchev–Trinajstić information content (AvgIpc) is 2.21. The molecule has 15 heavy (non-hydrogen) atoms. The Bertz CT molecular complexity index is 383. The summed E-state index contributed by atoms with van der Waals surface area (Å²) in [4.78, 5) is 11.1. The summed E-state index contributed by atoms with van der Waals surface area (Å²) in [6.07, 6.45) is 3.20. The first-order valence-corrected chi connectivity index (χ1v) is 5.54. The quantitative estimate of drug-likeness (QED) is 0.621. The second-order valence-electron chi connectivity index (χ2n) is 3.04. The van der Waals surface area contributed by atoms with Crippen LogP contribution in [-0.4, -0.2) is 12.6 Å². The highest BCUT2D eigenvalue weighted by Gasteiger charge is 1.99. The lowest BCUT2D eigenvalue weighted by Gasteiger charge is -2.02. The van der Waals surface area contributed by atoms with E-state index in [-0.39, 0.29) is 5.97 Å². The van der Waals surface area contributed by atoms with Crippen LogP contribution in [0.2, 0.25) is 0 Å². The van der Waals surface area contributed by atoms with Crippen molar-refractivity contribution >= 4 is 28.0 Å². The maximum absolute atomic E-state index is 11.1. The van der Waals surface area contributed by atoms with E-state index in [1.54, 1.807) is 13.0 Å². The van der Waals surface area contributed by atoms with Gasteiger partial charge in [-0.1, -0.05) is 28.1 Å². The summed E-state index contributed by atoms with van der Waals surface area (Å²) in [5, 5.41) is 0. The van der Waals surface area contributed by atoms with Gasteiger partial charge in [0, 0.05) is 10.5 Å². The molecule has 0 saturated carbocycles. The molecule has 0 aliphatic rings. The topological polar surface area (TPSA) is 26.3 Å². The molecule has 0 heterocycles. The lowest BCUT2D eigenvalue weighted by Crippen LogP contribution is -1.98. The zero-order valence-electron chi connectivity index (χ0n) is 8.79. The molecule has 0 N–H and O–H groups in total. The first-order chi connectivity index (χ1) is 7.15. The molecule has 0 spiro atoms. The monoisotopic (exact) mass is 268 g/mol. The van der Waals surface area contributed by atoms with Crippen molar-refractivity contribution in [2.45, 2.75) is 13.8 Å². The van der Waals surface area contributed by atoms with Crippen LogP contribution in [0.4, 0.5) is 0 Å². The summed E-state index contributed by atoms with van der Waals surface area (Å²) < 4.78 is 5.83. The van der Waals surface area contributed by atoms with E-state index in [1.165, 1.54) is 6.08 Å². The van der Waals surface area contributed by atoms with Crippen LogP contribution in [-0.2, 0) is 9.53 Å². The number of halogens is 1. The molecule has 0 atom stereocenters. The second kappa shape index (κ2) is 5.71. The van der Waals surface area contributed by atoms with Crippen LogP contribution in [0.3, 0.4) is 0 Å². The minimum absolute atomic E-state index is 0.308. The van der Waals surface area contributed by atoms with E-state index < -0.39 is 0 Å².